The quantitative estimate of drug-likeness (QED) is 0.432. The monoisotopic (exact) mass is 232 g/mol. The highest BCUT2D eigenvalue weighted by Crippen LogP contribution is 2.26. The van der Waals surface area contributed by atoms with Gasteiger partial charge >= 0.3 is 6.18 Å². The summed E-state index contributed by atoms with van der Waals surface area (Å²) in [7, 11) is 0. The molecule has 1 aromatic rings. The molecule has 0 unspecified atom stereocenters. The van der Waals surface area contributed by atoms with E-state index in [0.29, 0.717) is 0 Å². The third-order valence-corrected chi connectivity index (χ3v) is 1.86. The van der Waals surface area contributed by atoms with Gasteiger partial charge in [-0.2, -0.15) is 13.2 Å². The van der Waals surface area contributed by atoms with Crippen LogP contribution < -0.4 is 0 Å². The highest BCUT2D eigenvalue weighted by atomic mass is 19.4. The standard InChI is InChI=1S/C11H8F4O/c1-7-2-4-8(5-3-7)9(16)6-10(12)11(13,14)15/h2-6H,1H3/b10-6-. The number of hydrogen-bond acceptors (Lipinski definition) is 1. The lowest BCUT2D eigenvalue weighted by Gasteiger charge is -2.02. The summed E-state index contributed by atoms with van der Waals surface area (Å²) in [5, 5.41) is 0. The highest BCUT2D eigenvalue weighted by molar-refractivity contribution is 6.04. The zero-order valence-corrected chi connectivity index (χ0v) is 8.31. The molecule has 0 aliphatic heterocycles. The van der Waals surface area contributed by atoms with Gasteiger partial charge in [-0.05, 0) is 6.92 Å². The minimum atomic E-state index is -5.11. The number of halogens is 4. The first-order valence-corrected chi connectivity index (χ1v) is 4.36. The Morgan fingerprint density at radius 2 is 1.69 bits per heavy atom. The summed E-state index contributed by atoms with van der Waals surface area (Å²) < 4.78 is 47.8. The second kappa shape index (κ2) is 4.47. The summed E-state index contributed by atoms with van der Waals surface area (Å²) in [6.45, 7) is 1.76. The minimum absolute atomic E-state index is 0.0185. The first kappa shape index (κ1) is 12.4. The Kier molecular flexibility index (Phi) is 3.47. The third-order valence-electron chi connectivity index (χ3n) is 1.86. The van der Waals surface area contributed by atoms with Crippen LogP contribution in [0.5, 0.6) is 0 Å². The van der Waals surface area contributed by atoms with Gasteiger partial charge < -0.3 is 0 Å². The second-order valence-electron chi connectivity index (χ2n) is 3.22. The second-order valence-corrected chi connectivity index (χ2v) is 3.22. The maximum absolute atomic E-state index is 12.4. The third kappa shape index (κ3) is 3.18. The fourth-order valence-electron chi connectivity index (χ4n) is 0.998. The predicted molar refractivity (Wildman–Crippen MR) is 50.8 cm³/mol. The number of hydrogen-bond donors (Lipinski definition) is 0. The molecule has 1 rings (SSSR count). The molecule has 0 atom stereocenters. The maximum Gasteiger partial charge on any atom is 0.443 e. The van der Waals surface area contributed by atoms with Crippen LogP contribution in [0.4, 0.5) is 17.6 Å². The number of carbonyl (C=O) groups excluding carboxylic acids is 1. The van der Waals surface area contributed by atoms with Crippen LogP contribution >= 0.6 is 0 Å². The van der Waals surface area contributed by atoms with Crippen LogP contribution in [-0.2, 0) is 0 Å². The van der Waals surface area contributed by atoms with Crippen molar-refractivity contribution in [3.05, 3.63) is 47.3 Å². The zero-order chi connectivity index (χ0) is 12.3. The van der Waals surface area contributed by atoms with Gasteiger partial charge in [-0.1, -0.05) is 29.8 Å². The molecule has 5 heteroatoms. The number of carbonyl (C=O) groups is 1. The van der Waals surface area contributed by atoms with E-state index in [0.717, 1.165) is 5.56 Å². The number of alkyl halides is 3. The summed E-state index contributed by atoms with van der Waals surface area (Å²) in [5.41, 5.74) is 0.877. The summed E-state index contributed by atoms with van der Waals surface area (Å²) in [5.74, 6) is -3.40. The maximum atomic E-state index is 12.4. The van der Waals surface area contributed by atoms with Crippen molar-refractivity contribution in [3.8, 4) is 0 Å². The smallest absolute Gasteiger partial charge is 0.289 e. The van der Waals surface area contributed by atoms with Crippen LogP contribution in [0.1, 0.15) is 15.9 Å². The lowest BCUT2D eigenvalue weighted by atomic mass is 10.1. The van der Waals surface area contributed by atoms with Crippen molar-refractivity contribution in [2.45, 2.75) is 13.1 Å². The summed E-state index contributed by atoms with van der Waals surface area (Å²) in [6, 6.07) is 5.81. The summed E-state index contributed by atoms with van der Waals surface area (Å²) >= 11 is 0. The van der Waals surface area contributed by atoms with Gasteiger partial charge in [0.1, 0.15) is 0 Å². The van der Waals surface area contributed by atoms with Gasteiger partial charge in [0, 0.05) is 11.6 Å². The minimum Gasteiger partial charge on any atom is -0.289 e. The zero-order valence-electron chi connectivity index (χ0n) is 8.31. The van der Waals surface area contributed by atoms with Gasteiger partial charge in [-0.3, -0.25) is 4.79 Å². The van der Waals surface area contributed by atoms with Gasteiger partial charge in [0.2, 0.25) is 5.83 Å². The summed E-state index contributed by atoms with van der Waals surface area (Å²) in [6.07, 6.45) is -5.16. The molecule has 0 fully saturated rings. The van der Waals surface area contributed by atoms with Crippen molar-refractivity contribution in [2.24, 2.45) is 0 Å². The number of aryl methyl sites for hydroxylation is 1. The molecule has 16 heavy (non-hydrogen) atoms. The van der Waals surface area contributed by atoms with E-state index in [1.807, 2.05) is 0 Å². The molecule has 0 spiro atoms. The lowest BCUT2D eigenvalue weighted by Crippen LogP contribution is -2.10. The highest BCUT2D eigenvalue weighted by Gasteiger charge is 2.35. The van der Waals surface area contributed by atoms with Crippen molar-refractivity contribution in [1.29, 1.82) is 0 Å². The molecule has 1 aromatic carbocycles. The molecule has 0 aliphatic carbocycles. The first-order valence-electron chi connectivity index (χ1n) is 4.36. The van der Waals surface area contributed by atoms with Gasteiger partial charge in [0.05, 0.1) is 0 Å². The molecular formula is C11H8F4O. The van der Waals surface area contributed by atoms with E-state index >= 15 is 0 Å². The first-order chi connectivity index (χ1) is 7.30. The Morgan fingerprint density at radius 1 is 1.19 bits per heavy atom. The van der Waals surface area contributed by atoms with E-state index in [2.05, 4.69) is 0 Å². The van der Waals surface area contributed by atoms with E-state index in [1.54, 1.807) is 19.1 Å². The van der Waals surface area contributed by atoms with Crippen LogP contribution in [0.15, 0.2) is 36.2 Å². The molecule has 0 saturated heterocycles. The predicted octanol–water partition coefficient (Wildman–Crippen LogP) is 3.59. The molecule has 0 bridgehead atoms. The van der Waals surface area contributed by atoms with Crippen molar-refractivity contribution >= 4 is 5.78 Å². The molecule has 0 N–H and O–H groups in total. The van der Waals surface area contributed by atoms with Crippen molar-refractivity contribution in [1.82, 2.24) is 0 Å². The summed E-state index contributed by atoms with van der Waals surface area (Å²) in [4.78, 5) is 11.2. The molecule has 0 radical (unpaired) electrons. The van der Waals surface area contributed by atoms with E-state index < -0.39 is 17.8 Å². The lowest BCUT2D eigenvalue weighted by molar-refractivity contribution is -0.108. The van der Waals surface area contributed by atoms with Crippen LogP contribution in [-0.4, -0.2) is 12.0 Å². The number of allylic oxidation sites excluding steroid dienone is 2. The number of ketones is 1. The Hall–Kier alpha value is -1.65. The number of benzene rings is 1. The van der Waals surface area contributed by atoms with E-state index in [4.69, 9.17) is 0 Å². The van der Waals surface area contributed by atoms with E-state index in [1.165, 1.54) is 12.1 Å². The van der Waals surface area contributed by atoms with Gasteiger partial charge in [-0.25, -0.2) is 4.39 Å². The average Bonchev–Trinajstić information content (AvgIpc) is 2.17. The molecule has 0 aliphatic rings. The van der Waals surface area contributed by atoms with Gasteiger partial charge in [0.25, 0.3) is 0 Å². The van der Waals surface area contributed by atoms with Crippen LogP contribution in [0.3, 0.4) is 0 Å². The van der Waals surface area contributed by atoms with Crippen LogP contribution in [0, 0.1) is 6.92 Å². The Morgan fingerprint density at radius 3 is 2.12 bits per heavy atom. The van der Waals surface area contributed by atoms with Crippen molar-refractivity contribution in [2.75, 3.05) is 0 Å². The molecular weight excluding hydrogens is 224 g/mol. The Balaban J connectivity index is 2.92. The molecule has 0 amide bonds. The van der Waals surface area contributed by atoms with Gasteiger partial charge in [0.15, 0.2) is 5.78 Å². The molecule has 0 heterocycles. The van der Waals surface area contributed by atoms with Crippen LogP contribution in [0.25, 0.3) is 0 Å². The largest absolute Gasteiger partial charge is 0.443 e. The Bertz CT molecular complexity index is 415. The Labute approximate surface area is 89.4 Å². The van der Waals surface area contributed by atoms with Crippen molar-refractivity contribution in [3.63, 3.8) is 0 Å². The molecule has 0 saturated carbocycles. The molecule has 1 nitrogen and oxygen atoms in total. The fraction of sp³-hybridized carbons (Fsp3) is 0.182. The normalized spacial score (nSPS) is 12.7. The average molecular weight is 232 g/mol. The number of rotatable bonds is 2. The van der Waals surface area contributed by atoms with Crippen LogP contribution in [0.2, 0.25) is 0 Å². The SMILES string of the molecule is Cc1ccc(C(=O)/C=C(\F)C(F)(F)F)cc1. The molecule has 86 valence electrons. The van der Waals surface area contributed by atoms with E-state index in [-0.39, 0.29) is 11.6 Å². The topological polar surface area (TPSA) is 17.1 Å². The fourth-order valence-corrected chi connectivity index (χ4v) is 0.998. The van der Waals surface area contributed by atoms with Gasteiger partial charge in [-0.15, -0.1) is 0 Å². The molecule has 0 aromatic heterocycles. The van der Waals surface area contributed by atoms with E-state index in [9.17, 15) is 22.4 Å². The van der Waals surface area contributed by atoms with Crippen molar-refractivity contribution < 1.29 is 22.4 Å².